The highest BCUT2D eigenvalue weighted by molar-refractivity contribution is 5.78. The maximum atomic E-state index is 13.1. The van der Waals surface area contributed by atoms with Gasteiger partial charge in [-0.3, -0.25) is 9.59 Å². The summed E-state index contributed by atoms with van der Waals surface area (Å²) in [6.45, 7) is 3.78. The summed E-state index contributed by atoms with van der Waals surface area (Å²) in [5.41, 5.74) is 0. The van der Waals surface area contributed by atoms with Gasteiger partial charge in [0.05, 0.1) is 0 Å². The first-order valence-corrected chi connectivity index (χ1v) is 10.7. The van der Waals surface area contributed by atoms with Crippen LogP contribution in [0.1, 0.15) is 38.5 Å². The molecule has 0 aliphatic carbocycles. The monoisotopic (exact) mass is 392 g/mol. The number of likely N-dealkylation sites (tertiary alicyclic amines) is 2. The molecule has 0 spiro atoms. The summed E-state index contributed by atoms with van der Waals surface area (Å²) in [4.78, 5) is 43.1. The second-order valence-corrected chi connectivity index (χ2v) is 8.82. The predicted molar refractivity (Wildman–Crippen MR) is 103 cm³/mol. The molecule has 4 amide bonds. The first-order valence-electron chi connectivity index (χ1n) is 10.7. The van der Waals surface area contributed by atoms with E-state index in [4.69, 9.17) is 4.74 Å². The number of hydrogen-bond donors (Lipinski definition) is 1. The van der Waals surface area contributed by atoms with Crippen molar-refractivity contribution in [3.05, 3.63) is 0 Å². The summed E-state index contributed by atoms with van der Waals surface area (Å²) in [6, 6.07) is 0.580. The van der Waals surface area contributed by atoms with Gasteiger partial charge in [-0.25, -0.2) is 4.79 Å². The molecule has 4 heterocycles. The van der Waals surface area contributed by atoms with E-state index in [1.54, 1.807) is 0 Å². The van der Waals surface area contributed by atoms with E-state index in [1.165, 1.54) is 7.11 Å². The Bertz CT molecular complexity index is 619. The van der Waals surface area contributed by atoms with Gasteiger partial charge in [-0.15, -0.1) is 0 Å². The predicted octanol–water partition coefficient (Wildman–Crippen LogP) is 0.666. The minimum absolute atomic E-state index is 0.0797. The fourth-order valence-electron chi connectivity index (χ4n) is 5.58. The first kappa shape index (κ1) is 19.5. The number of piperidine rings is 4. The van der Waals surface area contributed by atoms with Crippen LogP contribution in [0.25, 0.3) is 0 Å². The summed E-state index contributed by atoms with van der Waals surface area (Å²) in [7, 11) is 1.51. The molecule has 4 aliphatic heterocycles. The lowest BCUT2D eigenvalue weighted by molar-refractivity contribution is -0.144. The first-order chi connectivity index (χ1) is 13.5. The Hall–Kier alpha value is -1.83. The molecule has 0 aromatic heterocycles. The second-order valence-electron chi connectivity index (χ2n) is 8.82. The van der Waals surface area contributed by atoms with Gasteiger partial charge in [0, 0.05) is 58.3 Å². The van der Waals surface area contributed by atoms with Crippen molar-refractivity contribution in [1.82, 2.24) is 20.0 Å². The molecule has 8 heteroatoms. The van der Waals surface area contributed by atoms with E-state index in [0.717, 1.165) is 51.7 Å². The van der Waals surface area contributed by atoms with Crippen LogP contribution in [0.2, 0.25) is 0 Å². The maximum Gasteiger partial charge on any atom is 0.320 e. The lowest BCUT2D eigenvalue weighted by Crippen LogP contribution is -2.62. The van der Waals surface area contributed by atoms with Gasteiger partial charge in [0.1, 0.15) is 6.61 Å². The summed E-state index contributed by atoms with van der Waals surface area (Å²) in [6.07, 6.45) is 5.47. The lowest BCUT2D eigenvalue weighted by Gasteiger charge is -2.53. The van der Waals surface area contributed by atoms with Crippen molar-refractivity contribution in [3.8, 4) is 0 Å². The van der Waals surface area contributed by atoms with Gasteiger partial charge >= 0.3 is 6.03 Å². The van der Waals surface area contributed by atoms with Gasteiger partial charge in [-0.05, 0) is 43.9 Å². The summed E-state index contributed by atoms with van der Waals surface area (Å²) < 4.78 is 4.86. The van der Waals surface area contributed by atoms with Crippen LogP contribution in [0.3, 0.4) is 0 Å². The van der Waals surface area contributed by atoms with Gasteiger partial charge in [0.15, 0.2) is 0 Å². The highest BCUT2D eigenvalue weighted by Crippen LogP contribution is 2.38. The molecule has 4 rings (SSSR count). The molecule has 1 N–H and O–H groups in total. The standard InChI is InChI=1S/C20H32N4O4/c1-28-13-18(25)21-16-5-7-22(8-6-16)20(27)23-10-14-9-15(12-23)17-3-2-4-19(26)24(17)11-14/h14-17H,2-13H2,1H3,(H,21,25)/t14-,15-,17-/m1/s1. The molecule has 0 saturated carbocycles. The Labute approximate surface area is 166 Å². The van der Waals surface area contributed by atoms with Crippen LogP contribution >= 0.6 is 0 Å². The van der Waals surface area contributed by atoms with Crippen molar-refractivity contribution < 1.29 is 19.1 Å². The lowest BCUT2D eigenvalue weighted by atomic mass is 9.76. The van der Waals surface area contributed by atoms with E-state index >= 15 is 0 Å². The molecule has 3 atom stereocenters. The highest BCUT2D eigenvalue weighted by Gasteiger charge is 2.45. The second kappa shape index (κ2) is 8.27. The molecule has 156 valence electrons. The maximum absolute atomic E-state index is 13.1. The van der Waals surface area contributed by atoms with E-state index in [-0.39, 0.29) is 24.6 Å². The SMILES string of the molecule is COCC(=O)NC1CCN(C(=O)N2C[C@H]3C[C@H](C2)[C@H]2CCCC(=O)N2C3)CC1. The zero-order valence-electron chi connectivity index (χ0n) is 16.8. The van der Waals surface area contributed by atoms with E-state index < -0.39 is 0 Å². The number of rotatable bonds is 3. The summed E-state index contributed by atoms with van der Waals surface area (Å²) in [5.74, 6) is 1.05. The van der Waals surface area contributed by atoms with Crippen molar-refractivity contribution in [3.63, 3.8) is 0 Å². The number of carbonyl (C=O) groups excluding carboxylic acids is 3. The number of urea groups is 1. The fraction of sp³-hybridized carbons (Fsp3) is 0.850. The Morgan fingerprint density at radius 1 is 1.11 bits per heavy atom. The minimum atomic E-state index is -0.0947. The number of amides is 4. The van der Waals surface area contributed by atoms with E-state index in [0.29, 0.717) is 43.3 Å². The van der Waals surface area contributed by atoms with Crippen molar-refractivity contribution in [2.45, 2.75) is 50.6 Å². The van der Waals surface area contributed by atoms with Gasteiger partial charge < -0.3 is 24.8 Å². The Morgan fingerprint density at radius 2 is 1.89 bits per heavy atom. The fourth-order valence-corrected chi connectivity index (χ4v) is 5.58. The third-order valence-corrected chi connectivity index (χ3v) is 6.86. The minimum Gasteiger partial charge on any atom is -0.375 e. The number of carbonyl (C=O) groups is 3. The van der Waals surface area contributed by atoms with Crippen molar-refractivity contribution in [1.29, 1.82) is 0 Å². The molecule has 0 aromatic rings. The summed E-state index contributed by atoms with van der Waals surface area (Å²) >= 11 is 0. The Kier molecular flexibility index (Phi) is 5.75. The van der Waals surface area contributed by atoms with E-state index in [1.807, 2.05) is 9.80 Å². The molecule has 0 aromatic carbocycles. The number of fused-ring (bicyclic) bond motifs is 4. The van der Waals surface area contributed by atoms with Crippen LogP contribution in [-0.4, -0.2) is 91.1 Å². The number of nitrogens with zero attached hydrogens (tertiary/aromatic N) is 3. The molecular formula is C20H32N4O4. The van der Waals surface area contributed by atoms with Crippen molar-refractivity contribution >= 4 is 17.8 Å². The van der Waals surface area contributed by atoms with Gasteiger partial charge in [0.25, 0.3) is 0 Å². The van der Waals surface area contributed by atoms with Gasteiger partial charge in [-0.1, -0.05) is 0 Å². The van der Waals surface area contributed by atoms with Crippen LogP contribution in [0.5, 0.6) is 0 Å². The van der Waals surface area contributed by atoms with Crippen molar-refractivity contribution in [2.75, 3.05) is 46.4 Å². The van der Waals surface area contributed by atoms with Crippen molar-refractivity contribution in [2.24, 2.45) is 11.8 Å². The largest absolute Gasteiger partial charge is 0.375 e. The third-order valence-electron chi connectivity index (χ3n) is 6.86. The number of nitrogens with one attached hydrogen (secondary N) is 1. The molecule has 4 saturated heterocycles. The normalized spacial score (nSPS) is 30.8. The molecule has 0 radical (unpaired) electrons. The zero-order valence-corrected chi connectivity index (χ0v) is 16.8. The topological polar surface area (TPSA) is 82.2 Å². The van der Waals surface area contributed by atoms with Gasteiger partial charge in [0.2, 0.25) is 11.8 Å². The number of hydrogen-bond acceptors (Lipinski definition) is 4. The molecule has 2 bridgehead atoms. The van der Waals surface area contributed by atoms with Crippen LogP contribution in [0, 0.1) is 11.8 Å². The zero-order chi connectivity index (χ0) is 19.7. The van der Waals surface area contributed by atoms with Crippen LogP contribution < -0.4 is 5.32 Å². The van der Waals surface area contributed by atoms with E-state index in [2.05, 4.69) is 10.2 Å². The molecule has 4 fully saturated rings. The Morgan fingerprint density at radius 3 is 2.64 bits per heavy atom. The van der Waals surface area contributed by atoms with E-state index in [9.17, 15) is 14.4 Å². The van der Waals surface area contributed by atoms with Gasteiger partial charge in [-0.2, -0.15) is 0 Å². The number of ether oxygens (including phenoxy) is 1. The molecule has 0 unspecified atom stereocenters. The van der Waals surface area contributed by atoms with Crippen LogP contribution in [-0.2, 0) is 14.3 Å². The third kappa shape index (κ3) is 3.97. The van der Waals surface area contributed by atoms with Crippen LogP contribution in [0.15, 0.2) is 0 Å². The average molecular weight is 393 g/mol. The summed E-state index contributed by atoms with van der Waals surface area (Å²) in [5, 5.41) is 2.97. The smallest absolute Gasteiger partial charge is 0.320 e. The molecular weight excluding hydrogens is 360 g/mol. The highest BCUT2D eigenvalue weighted by atomic mass is 16.5. The number of methoxy groups -OCH3 is 1. The molecule has 8 nitrogen and oxygen atoms in total. The quantitative estimate of drug-likeness (QED) is 0.765. The van der Waals surface area contributed by atoms with Crippen LogP contribution in [0.4, 0.5) is 4.79 Å². The Balaban J connectivity index is 1.30. The molecule has 28 heavy (non-hydrogen) atoms. The average Bonchev–Trinajstić information content (AvgIpc) is 2.69. The molecule has 4 aliphatic rings.